The zero-order chi connectivity index (χ0) is 17.0. The van der Waals surface area contributed by atoms with E-state index in [-0.39, 0.29) is 10.8 Å². The first-order chi connectivity index (χ1) is 10.8. The molecule has 0 aliphatic carbocycles. The van der Waals surface area contributed by atoms with Gasteiger partial charge < -0.3 is 5.32 Å². The third-order valence-electron chi connectivity index (χ3n) is 3.12. The lowest BCUT2D eigenvalue weighted by molar-refractivity contribution is 0.483. The minimum absolute atomic E-state index is 0.217. The highest BCUT2D eigenvalue weighted by Crippen LogP contribution is 2.26. The highest BCUT2D eigenvalue weighted by molar-refractivity contribution is 9.10. The third kappa shape index (κ3) is 4.76. The largest absolute Gasteiger partial charge is 0.340 e. The molecule has 0 saturated carbocycles. The quantitative estimate of drug-likeness (QED) is 0.750. The van der Waals surface area contributed by atoms with E-state index in [9.17, 15) is 13.0 Å². The van der Waals surface area contributed by atoms with Crippen molar-refractivity contribution >= 4 is 37.6 Å². The molecule has 0 aliphatic heterocycles. The topological polar surface area (TPSA) is 103 Å². The summed E-state index contributed by atoms with van der Waals surface area (Å²) in [5.41, 5.74) is 1.24. The van der Waals surface area contributed by atoms with E-state index in [2.05, 4.69) is 32.3 Å². The Hall–Kier alpha value is -1.95. The van der Waals surface area contributed by atoms with Crippen molar-refractivity contribution in [3.8, 4) is 6.07 Å². The van der Waals surface area contributed by atoms with Crippen LogP contribution in [0.3, 0.4) is 0 Å². The SMILES string of the molecule is CC(C#N)Cc1ccc(S(=O)(=O)O)cc1Nc1ccc(Br)cn1. The summed E-state index contributed by atoms with van der Waals surface area (Å²) >= 11 is 3.29. The molecule has 1 aromatic heterocycles. The Bertz CT molecular complexity index is 845. The molecule has 1 unspecified atom stereocenters. The predicted octanol–water partition coefficient (Wildman–Crippen LogP) is 3.54. The maximum Gasteiger partial charge on any atom is 0.294 e. The minimum Gasteiger partial charge on any atom is -0.340 e. The summed E-state index contributed by atoms with van der Waals surface area (Å²) in [6, 6.07) is 9.88. The van der Waals surface area contributed by atoms with Gasteiger partial charge in [0.15, 0.2) is 0 Å². The first-order valence-corrected chi connectivity index (χ1v) is 8.91. The summed E-state index contributed by atoms with van der Waals surface area (Å²) in [4.78, 5) is 3.95. The number of pyridine rings is 1. The average molecular weight is 396 g/mol. The molecule has 2 rings (SSSR count). The summed E-state index contributed by atoms with van der Waals surface area (Å²) in [6.45, 7) is 1.78. The second-order valence-electron chi connectivity index (χ2n) is 5.01. The number of halogens is 1. The Morgan fingerprint density at radius 3 is 2.70 bits per heavy atom. The molecule has 6 nitrogen and oxygen atoms in total. The number of nitrogens with zero attached hydrogens (tertiary/aromatic N) is 2. The van der Waals surface area contributed by atoms with Crippen LogP contribution in [0, 0.1) is 17.2 Å². The van der Waals surface area contributed by atoms with E-state index in [1.54, 1.807) is 31.3 Å². The predicted molar refractivity (Wildman–Crippen MR) is 90.0 cm³/mol. The summed E-state index contributed by atoms with van der Waals surface area (Å²) in [6.07, 6.45) is 2.05. The van der Waals surface area contributed by atoms with E-state index in [0.29, 0.717) is 17.9 Å². The smallest absolute Gasteiger partial charge is 0.294 e. The summed E-state index contributed by atoms with van der Waals surface area (Å²) in [7, 11) is -4.31. The molecule has 0 spiro atoms. The van der Waals surface area contributed by atoms with Crippen LogP contribution < -0.4 is 5.32 Å². The molecular formula is C15H14BrN3O3S. The Morgan fingerprint density at radius 1 is 1.39 bits per heavy atom. The summed E-state index contributed by atoms with van der Waals surface area (Å²) in [5, 5.41) is 12.0. The van der Waals surface area contributed by atoms with Crippen LogP contribution >= 0.6 is 15.9 Å². The molecule has 120 valence electrons. The van der Waals surface area contributed by atoms with Gasteiger partial charge in [-0.15, -0.1) is 0 Å². The van der Waals surface area contributed by atoms with Gasteiger partial charge in [0.25, 0.3) is 10.1 Å². The molecule has 0 amide bonds. The molecule has 8 heteroatoms. The molecule has 2 aromatic rings. The number of nitriles is 1. The monoisotopic (exact) mass is 395 g/mol. The van der Waals surface area contributed by atoms with Crippen molar-refractivity contribution in [1.82, 2.24) is 4.98 Å². The van der Waals surface area contributed by atoms with Crippen LogP contribution in [0.25, 0.3) is 0 Å². The average Bonchev–Trinajstić information content (AvgIpc) is 2.50. The molecule has 0 fully saturated rings. The van der Waals surface area contributed by atoms with Gasteiger partial charge in [0.1, 0.15) is 5.82 Å². The van der Waals surface area contributed by atoms with Gasteiger partial charge in [0.2, 0.25) is 0 Å². The standard InChI is InChI=1S/C15H14BrN3O3S/c1-10(8-17)6-11-2-4-13(23(20,21)22)7-14(11)19-15-5-3-12(16)9-18-15/h2-5,7,9-10H,6H2,1H3,(H,18,19)(H,20,21,22). The van der Waals surface area contributed by atoms with Gasteiger partial charge in [-0.1, -0.05) is 6.07 Å². The number of anilines is 2. The third-order valence-corrected chi connectivity index (χ3v) is 4.43. The zero-order valence-electron chi connectivity index (χ0n) is 12.2. The second kappa shape index (κ2) is 7.08. The second-order valence-corrected chi connectivity index (χ2v) is 7.35. The van der Waals surface area contributed by atoms with Crippen LogP contribution in [0.4, 0.5) is 11.5 Å². The number of rotatable bonds is 5. The molecule has 1 heterocycles. The van der Waals surface area contributed by atoms with E-state index < -0.39 is 10.1 Å². The van der Waals surface area contributed by atoms with Gasteiger partial charge in [0, 0.05) is 22.3 Å². The van der Waals surface area contributed by atoms with Gasteiger partial charge in [-0.2, -0.15) is 13.7 Å². The normalized spacial score (nSPS) is 12.4. The van der Waals surface area contributed by atoms with Crippen molar-refractivity contribution in [2.75, 3.05) is 5.32 Å². The van der Waals surface area contributed by atoms with E-state index in [4.69, 9.17) is 5.26 Å². The van der Waals surface area contributed by atoms with Crippen LogP contribution in [0.15, 0.2) is 45.9 Å². The molecule has 0 radical (unpaired) electrons. The van der Waals surface area contributed by atoms with Crippen molar-refractivity contribution in [2.45, 2.75) is 18.2 Å². The Labute approximate surface area is 143 Å². The molecular weight excluding hydrogens is 382 g/mol. The lowest BCUT2D eigenvalue weighted by atomic mass is 10.0. The number of nitrogens with one attached hydrogen (secondary N) is 1. The molecule has 0 aliphatic rings. The Morgan fingerprint density at radius 2 is 2.13 bits per heavy atom. The minimum atomic E-state index is -4.31. The van der Waals surface area contributed by atoms with Crippen molar-refractivity contribution < 1.29 is 13.0 Å². The van der Waals surface area contributed by atoms with Crippen LogP contribution in [0.2, 0.25) is 0 Å². The summed E-state index contributed by atoms with van der Waals surface area (Å²) < 4.78 is 32.7. The number of hydrogen-bond acceptors (Lipinski definition) is 5. The maximum absolute atomic E-state index is 11.3. The fourth-order valence-corrected chi connectivity index (χ4v) is 2.71. The van der Waals surface area contributed by atoms with Gasteiger partial charge in [-0.25, -0.2) is 4.98 Å². The maximum atomic E-state index is 11.3. The zero-order valence-corrected chi connectivity index (χ0v) is 14.6. The molecule has 23 heavy (non-hydrogen) atoms. The number of benzene rings is 1. The van der Waals surface area contributed by atoms with Crippen LogP contribution in [0.5, 0.6) is 0 Å². The van der Waals surface area contributed by atoms with Gasteiger partial charge in [0.05, 0.1) is 11.0 Å². The van der Waals surface area contributed by atoms with E-state index in [1.165, 1.54) is 12.1 Å². The molecule has 0 bridgehead atoms. The van der Waals surface area contributed by atoms with E-state index in [1.807, 2.05) is 0 Å². The Balaban J connectivity index is 2.43. The van der Waals surface area contributed by atoms with Crippen molar-refractivity contribution in [2.24, 2.45) is 5.92 Å². The van der Waals surface area contributed by atoms with Crippen LogP contribution in [-0.2, 0) is 16.5 Å². The van der Waals surface area contributed by atoms with Gasteiger partial charge in [-0.05, 0) is 59.1 Å². The molecule has 1 aromatic carbocycles. The van der Waals surface area contributed by atoms with Crippen molar-refractivity contribution in [1.29, 1.82) is 5.26 Å². The highest BCUT2D eigenvalue weighted by atomic mass is 79.9. The van der Waals surface area contributed by atoms with Gasteiger partial charge in [-0.3, -0.25) is 4.55 Å². The number of aromatic nitrogens is 1. The van der Waals surface area contributed by atoms with Crippen LogP contribution in [-0.4, -0.2) is 18.0 Å². The van der Waals surface area contributed by atoms with E-state index in [0.717, 1.165) is 10.0 Å². The van der Waals surface area contributed by atoms with Gasteiger partial charge >= 0.3 is 0 Å². The Kier molecular flexibility index (Phi) is 5.36. The van der Waals surface area contributed by atoms with E-state index >= 15 is 0 Å². The highest BCUT2D eigenvalue weighted by Gasteiger charge is 2.15. The molecule has 1 atom stereocenters. The first kappa shape index (κ1) is 17.4. The fraction of sp³-hybridized carbons (Fsp3) is 0.200. The number of hydrogen-bond donors (Lipinski definition) is 2. The lowest BCUT2D eigenvalue weighted by Crippen LogP contribution is -2.05. The van der Waals surface area contributed by atoms with Crippen molar-refractivity contribution in [3.63, 3.8) is 0 Å². The lowest BCUT2D eigenvalue weighted by Gasteiger charge is -2.13. The summed E-state index contributed by atoms with van der Waals surface area (Å²) in [5.74, 6) is 0.288. The molecule has 0 saturated heterocycles. The molecule has 2 N–H and O–H groups in total. The first-order valence-electron chi connectivity index (χ1n) is 6.68. The fourth-order valence-electron chi connectivity index (χ4n) is 1.97. The van der Waals surface area contributed by atoms with Crippen LogP contribution in [0.1, 0.15) is 12.5 Å². The van der Waals surface area contributed by atoms with Crippen molar-refractivity contribution in [3.05, 3.63) is 46.6 Å².